The third-order valence-corrected chi connectivity index (χ3v) is 5.04. The first-order valence-electron chi connectivity index (χ1n) is 4.70. The number of carbonyl (C=O) groups is 1. The van der Waals surface area contributed by atoms with E-state index in [1.54, 1.807) is 6.07 Å². The number of thiophene rings is 1. The Bertz CT molecular complexity index is 464. The Balaban J connectivity index is 2.62. The largest absolute Gasteiger partial charge is 0.481 e. The lowest BCUT2D eigenvalue weighted by atomic mass is 10.2. The van der Waals surface area contributed by atoms with E-state index in [9.17, 15) is 13.2 Å². The number of sulfonamides is 1. The van der Waals surface area contributed by atoms with Gasteiger partial charge in [0, 0.05) is 11.3 Å². The molecule has 16 heavy (non-hydrogen) atoms. The van der Waals surface area contributed by atoms with Gasteiger partial charge in [0.15, 0.2) is 0 Å². The SMILES string of the molecule is CNS(=O)(=O)c1ccc(CCCC(=O)O)s1. The van der Waals surface area contributed by atoms with Crippen LogP contribution in [0.1, 0.15) is 17.7 Å². The minimum atomic E-state index is -3.37. The number of hydrogen-bond acceptors (Lipinski definition) is 4. The van der Waals surface area contributed by atoms with Crippen LogP contribution in [0.15, 0.2) is 16.3 Å². The lowest BCUT2D eigenvalue weighted by molar-refractivity contribution is -0.137. The van der Waals surface area contributed by atoms with Crippen molar-refractivity contribution in [3.63, 3.8) is 0 Å². The summed E-state index contributed by atoms with van der Waals surface area (Å²) in [5.74, 6) is -0.834. The molecule has 0 aliphatic rings. The minimum absolute atomic E-state index is 0.103. The van der Waals surface area contributed by atoms with Crippen LogP contribution in [0.25, 0.3) is 0 Å². The van der Waals surface area contributed by atoms with Gasteiger partial charge in [-0.1, -0.05) is 0 Å². The molecule has 90 valence electrons. The summed E-state index contributed by atoms with van der Waals surface area (Å²) in [5, 5.41) is 8.46. The van der Waals surface area contributed by atoms with E-state index in [4.69, 9.17) is 5.11 Å². The Kier molecular flexibility index (Phi) is 4.45. The summed E-state index contributed by atoms with van der Waals surface area (Å²) in [6.45, 7) is 0. The molecule has 5 nitrogen and oxygen atoms in total. The third kappa shape index (κ3) is 3.58. The molecule has 1 heterocycles. The molecule has 2 N–H and O–H groups in total. The molecule has 0 aliphatic heterocycles. The van der Waals surface area contributed by atoms with Crippen LogP contribution in [0.2, 0.25) is 0 Å². The van der Waals surface area contributed by atoms with Crippen molar-refractivity contribution >= 4 is 27.3 Å². The van der Waals surface area contributed by atoms with Gasteiger partial charge in [-0.05, 0) is 32.0 Å². The van der Waals surface area contributed by atoms with Gasteiger partial charge in [-0.25, -0.2) is 13.1 Å². The summed E-state index contributed by atoms with van der Waals surface area (Å²) in [4.78, 5) is 11.2. The number of carboxylic acids is 1. The van der Waals surface area contributed by atoms with E-state index in [1.165, 1.54) is 24.5 Å². The zero-order valence-corrected chi connectivity index (χ0v) is 10.4. The molecule has 0 aliphatic carbocycles. The van der Waals surface area contributed by atoms with Crippen molar-refractivity contribution in [3.05, 3.63) is 17.0 Å². The van der Waals surface area contributed by atoms with E-state index in [2.05, 4.69) is 4.72 Å². The van der Waals surface area contributed by atoms with E-state index in [-0.39, 0.29) is 10.6 Å². The monoisotopic (exact) mass is 263 g/mol. The predicted molar refractivity (Wildman–Crippen MR) is 61.1 cm³/mol. The first-order valence-corrected chi connectivity index (χ1v) is 7.00. The molecule has 7 heteroatoms. The van der Waals surface area contributed by atoms with Crippen molar-refractivity contribution in [3.8, 4) is 0 Å². The second-order valence-electron chi connectivity index (χ2n) is 3.18. The number of nitrogens with one attached hydrogen (secondary N) is 1. The molecular weight excluding hydrogens is 250 g/mol. The second-order valence-corrected chi connectivity index (χ2v) is 6.46. The van der Waals surface area contributed by atoms with Gasteiger partial charge < -0.3 is 5.11 Å². The Morgan fingerprint density at radius 2 is 2.19 bits per heavy atom. The fourth-order valence-corrected chi connectivity index (χ4v) is 3.39. The van der Waals surface area contributed by atoms with Gasteiger partial charge in [0.05, 0.1) is 0 Å². The molecule has 0 fully saturated rings. The van der Waals surface area contributed by atoms with Crippen LogP contribution in [-0.4, -0.2) is 26.5 Å². The van der Waals surface area contributed by atoms with Gasteiger partial charge in [0.2, 0.25) is 10.0 Å². The highest BCUT2D eigenvalue weighted by Gasteiger charge is 2.14. The van der Waals surface area contributed by atoms with Crippen molar-refractivity contribution in [1.82, 2.24) is 4.72 Å². The van der Waals surface area contributed by atoms with Gasteiger partial charge >= 0.3 is 5.97 Å². The van der Waals surface area contributed by atoms with E-state index in [0.717, 1.165) is 4.88 Å². The van der Waals surface area contributed by atoms with Gasteiger partial charge in [-0.2, -0.15) is 0 Å². The minimum Gasteiger partial charge on any atom is -0.481 e. The number of aryl methyl sites for hydroxylation is 1. The maximum absolute atomic E-state index is 11.4. The van der Waals surface area contributed by atoms with Crippen LogP contribution in [-0.2, 0) is 21.2 Å². The summed E-state index contributed by atoms with van der Waals surface area (Å²) >= 11 is 1.17. The number of aliphatic carboxylic acids is 1. The molecule has 0 saturated heterocycles. The Labute approximate surface area is 98.2 Å². The van der Waals surface area contributed by atoms with Crippen molar-refractivity contribution in [2.24, 2.45) is 0 Å². The third-order valence-electron chi connectivity index (χ3n) is 1.98. The van der Waals surface area contributed by atoms with Gasteiger partial charge in [-0.15, -0.1) is 11.3 Å². The molecule has 0 bridgehead atoms. The quantitative estimate of drug-likeness (QED) is 0.804. The van der Waals surface area contributed by atoms with Crippen LogP contribution in [0.4, 0.5) is 0 Å². The zero-order valence-electron chi connectivity index (χ0n) is 8.76. The number of rotatable bonds is 6. The number of carboxylic acid groups (broad SMARTS) is 1. The lowest BCUT2D eigenvalue weighted by Crippen LogP contribution is -2.17. The topological polar surface area (TPSA) is 83.5 Å². The van der Waals surface area contributed by atoms with E-state index >= 15 is 0 Å². The molecule has 0 aromatic carbocycles. The van der Waals surface area contributed by atoms with E-state index in [0.29, 0.717) is 12.8 Å². The average molecular weight is 263 g/mol. The smallest absolute Gasteiger partial charge is 0.303 e. The predicted octanol–water partition coefficient (Wildman–Crippen LogP) is 1.06. The maximum atomic E-state index is 11.4. The Morgan fingerprint density at radius 3 is 2.75 bits per heavy atom. The molecule has 0 radical (unpaired) electrons. The Morgan fingerprint density at radius 1 is 1.50 bits per heavy atom. The highest BCUT2D eigenvalue weighted by atomic mass is 32.2. The normalized spacial score (nSPS) is 11.6. The summed E-state index contributed by atoms with van der Waals surface area (Å²) in [6.07, 6.45) is 1.22. The first kappa shape index (κ1) is 13.1. The zero-order chi connectivity index (χ0) is 12.2. The van der Waals surface area contributed by atoms with Gasteiger partial charge in [-0.3, -0.25) is 4.79 Å². The molecule has 0 saturated carbocycles. The van der Waals surface area contributed by atoms with Crippen molar-refractivity contribution in [2.75, 3.05) is 7.05 Å². The van der Waals surface area contributed by atoms with Crippen LogP contribution < -0.4 is 4.72 Å². The van der Waals surface area contributed by atoms with E-state index < -0.39 is 16.0 Å². The fraction of sp³-hybridized carbons (Fsp3) is 0.444. The molecule has 0 amide bonds. The first-order chi connectivity index (χ1) is 7.45. The molecule has 1 aromatic heterocycles. The Hall–Kier alpha value is -0.920. The summed E-state index contributed by atoms with van der Waals surface area (Å²) in [5.41, 5.74) is 0. The van der Waals surface area contributed by atoms with Crippen LogP contribution >= 0.6 is 11.3 Å². The molecule has 1 aromatic rings. The highest BCUT2D eigenvalue weighted by Crippen LogP contribution is 2.22. The molecular formula is C9H13NO4S2. The average Bonchev–Trinajstić information content (AvgIpc) is 2.66. The molecule has 0 unspecified atom stereocenters. The van der Waals surface area contributed by atoms with Crippen LogP contribution in [0.5, 0.6) is 0 Å². The number of hydrogen-bond donors (Lipinski definition) is 2. The second kappa shape index (κ2) is 5.42. The highest BCUT2D eigenvalue weighted by molar-refractivity contribution is 7.91. The lowest BCUT2D eigenvalue weighted by Gasteiger charge is -1.97. The van der Waals surface area contributed by atoms with Crippen molar-refractivity contribution in [2.45, 2.75) is 23.5 Å². The molecule has 0 atom stereocenters. The van der Waals surface area contributed by atoms with Gasteiger partial charge in [0.1, 0.15) is 4.21 Å². The molecule has 1 rings (SSSR count). The molecule has 0 spiro atoms. The van der Waals surface area contributed by atoms with Gasteiger partial charge in [0.25, 0.3) is 0 Å². The summed E-state index contributed by atoms with van der Waals surface area (Å²) in [6, 6.07) is 3.25. The fourth-order valence-electron chi connectivity index (χ4n) is 1.15. The van der Waals surface area contributed by atoms with E-state index in [1.807, 2.05) is 0 Å². The maximum Gasteiger partial charge on any atom is 0.303 e. The standard InChI is InChI=1S/C9H13NO4S2/c1-10-16(13,14)9-6-5-7(15-9)3-2-4-8(11)12/h5-6,10H,2-4H2,1H3,(H,11,12). The van der Waals surface area contributed by atoms with Crippen LogP contribution in [0, 0.1) is 0 Å². The summed E-state index contributed by atoms with van der Waals surface area (Å²) < 4.78 is 25.3. The van der Waals surface area contributed by atoms with Crippen molar-refractivity contribution < 1.29 is 18.3 Å². The van der Waals surface area contributed by atoms with Crippen molar-refractivity contribution in [1.29, 1.82) is 0 Å². The van der Waals surface area contributed by atoms with Crippen LogP contribution in [0.3, 0.4) is 0 Å². The summed E-state index contributed by atoms with van der Waals surface area (Å²) in [7, 11) is -2.01.